The van der Waals surface area contributed by atoms with Crippen molar-refractivity contribution in [3.8, 4) is 12.1 Å². The third-order valence-corrected chi connectivity index (χ3v) is 10.4. The zero-order valence-corrected chi connectivity index (χ0v) is 25.3. The van der Waals surface area contributed by atoms with Crippen LogP contribution in [0.4, 0.5) is 11.5 Å². The predicted molar refractivity (Wildman–Crippen MR) is 164 cm³/mol. The van der Waals surface area contributed by atoms with Gasteiger partial charge in [-0.15, -0.1) is 0 Å². The van der Waals surface area contributed by atoms with Crippen LogP contribution in [0.1, 0.15) is 55.3 Å². The van der Waals surface area contributed by atoms with Crippen molar-refractivity contribution in [2.24, 2.45) is 5.41 Å². The number of nitriles is 1. The molecule has 4 atom stereocenters. The Morgan fingerprint density at radius 3 is 2.81 bits per heavy atom. The van der Waals surface area contributed by atoms with Gasteiger partial charge in [0.1, 0.15) is 12.4 Å². The largest absolute Gasteiger partial charge is 0.462 e. The number of carbonyl (C=O) groups excluding carboxylic acids is 1. The standard InChI is InChI=1S/C33H43N7O2/c1-5-30(41)40-18-17-39(20-24(40)13-15-34)31-27-12-14-33(22-38(4)29-11-7-6-10-26(29)23(33)2)19-28(27)35-32(36-31)42-21-25-9-8-16-37(25)3/h5-7,10-11,23-25H,1,8-9,12-14,16-22H2,2-4H3/t23?,24?,25?,33-/m1/s1. The number of amides is 1. The van der Waals surface area contributed by atoms with Crippen LogP contribution in [-0.4, -0.2) is 91.2 Å². The van der Waals surface area contributed by atoms with Crippen LogP contribution < -0.4 is 14.5 Å². The molecule has 2 saturated heterocycles. The lowest BCUT2D eigenvalue weighted by Crippen LogP contribution is -2.55. The van der Waals surface area contributed by atoms with Crippen LogP contribution in [-0.2, 0) is 17.6 Å². The van der Waals surface area contributed by atoms with Crippen LogP contribution in [0.3, 0.4) is 0 Å². The number of likely N-dealkylation sites (N-methyl/N-ethyl adjacent to an activating group) is 1. The highest BCUT2D eigenvalue weighted by molar-refractivity contribution is 5.87. The van der Waals surface area contributed by atoms with E-state index in [1.807, 2.05) is 0 Å². The average Bonchev–Trinajstić information content (AvgIpc) is 3.42. The maximum Gasteiger partial charge on any atom is 0.318 e. The highest BCUT2D eigenvalue weighted by Gasteiger charge is 2.46. The van der Waals surface area contributed by atoms with Gasteiger partial charge >= 0.3 is 6.01 Å². The summed E-state index contributed by atoms with van der Waals surface area (Å²) in [5, 5.41) is 9.55. The number of carbonyl (C=O) groups is 1. The molecule has 9 heteroatoms. The number of benzene rings is 1. The van der Waals surface area contributed by atoms with E-state index in [9.17, 15) is 10.1 Å². The molecule has 0 saturated carbocycles. The zero-order chi connectivity index (χ0) is 29.4. The molecule has 42 heavy (non-hydrogen) atoms. The van der Waals surface area contributed by atoms with Gasteiger partial charge in [0, 0.05) is 55.9 Å². The number of aromatic nitrogens is 2. The minimum absolute atomic E-state index is 0.0725. The second-order valence-electron chi connectivity index (χ2n) is 12.7. The summed E-state index contributed by atoms with van der Waals surface area (Å²) in [6.07, 6.45) is 6.74. The molecule has 3 unspecified atom stereocenters. The van der Waals surface area contributed by atoms with Crippen LogP contribution in [0.15, 0.2) is 36.9 Å². The Bertz CT molecular complexity index is 1390. The van der Waals surface area contributed by atoms with Gasteiger partial charge in [0.15, 0.2) is 0 Å². The van der Waals surface area contributed by atoms with E-state index >= 15 is 0 Å². The number of rotatable bonds is 6. The molecule has 0 radical (unpaired) electrons. The van der Waals surface area contributed by atoms with Gasteiger partial charge in [-0.2, -0.15) is 15.2 Å². The van der Waals surface area contributed by atoms with Crippen molar-refractivity contribution in [2.75, 3.05) is 63.2 Å². The number of ether oxygens (including phenoxy) is 1. The lowest BCUT2D eigenvalue weighted by atomic mass is 9.62. The van der Waals surface area contributed by atoms with Gasteiger partial charge in [-0.05, 0) is 69.3 Å². The molecule has 1 aromatic heterocycles. The van der Waals surface area contributed by atoms with Crippen molar-refractivity contribution in [3.63, 3.8) is 0 Å². The molecule has 2 aromatic rings. The van der Waals surface area contributed by atoms with E-state index in [0.717, 1.165) is 50.3 Å². The van der Waals surface area contributed by atoms with E-state index in [1.165, 1.54) is 29.3 Å². The number of anilines is 2. The molecule has 9 nitrogen and oxygen atoms in total. The number of hydrogen-bond acceptors (Lipinski definition) is 8. The van der Waals surface area contributed by atoms with Crippen molar-refractivity contribution in [2.45, 2.75) is 63.5 Å². The van der Waals surface area contributed by atoms with Crippen molar-refractivity contribution in [1.29, 1.82) is 5.26 Å². The van der Waals surface area contributed by atoms with Gasteiger partial charge in [-0.3, -0.25) is 4.79 Å². The van der Waals surface area contributed by atoms with Crippen molar-refractivity contribution < 1.29 is 9.53 Å². The fourth-order valence-electron chi connectivity index (χ4n) is 7.85. The number of fused-ring (bicyclic) bond motifs is 2. The first-order valence-electron chi connectivity index (χ1n) is 15.4. The first kappa shape index (κ1) is 28.5. The van der Waals surface area contributed by atoms with Crippen LogP contribution >= 0.6 is 0 Å². The van der Waals surface area contributed by atoms with Gasteiger partial charge in [-0.1, -0.05) is 31.7 Å². The van der Waals surface area contributed by atoms with Crippen molar-refractivity contribution in [3.05, 3.63) is 53.7 Å². The number of hydrogen-bond donors (Lipinski definition) is 0. The van der Waals surface area contributed by atoms with Gasteiger partial charge in [-0.25, -0.2) is 0 Å². The van der Waals surface area contributed by atoms with Crippen LogP contribution in [0, 0.1) is 16.7 Å². The fourth-order valence-corrected chi connectivity index (χ4v) is 7.85. The maximum absolute atomic E-state index is 12.6. The first-order valence-corrected chi connectivity index (χ1v) is 15.4. The molecule has 6 rings (SSSR count). The van der Waals surface area contributed by atoms with Crippen LogP contribution in [0.5, 0.6) is 6.01 Å². The fraction of sp³-hybridized carbons (Fsp3) is 0.576. The molecule has 1 aromatic carbocycles. The third kappa shape index (κ3) is 5.11. The van der Waals surface area contributed by atoms with E-state index in [2.05, 4.69) is 72.6 Å². The van der Waals surface area contributed by atoms with E-state index < -0.39 is 0 Å². The highest BCUT2D eigenvalue weighted by atomic mass is 16.5. The van der Waals surface area contributed by atoms with Crippen LogP contribution in [0.2, 0.25) is 0 Å². The molecule has 1 aliphatic carbocycles. The summed E-state index contributed by atoms with van der Waals surface area (Å²) >= 11 is 0. The number of likely N-dealkylation sites (tertiary alicyclic amines) is 1. The Balaban J connectivity index is 1.34. The normalized spacial score (nSPS) is 27.4. The lowest BCUT2D eigenvalue weighted by molar-refractivity contribution is -0.128. The molecular formula is C33H43N7O2. The molecular weight excluding hydrogens is 526 g/mol. The summed E-state index contributed by atoms with van der Waals surface area (Å²) < 4.78 is 6.36. The smallest absolute Gasteiger partial charge is 0.318 e. The summed E-state index contributed by atoms with van der Waals surface area (Å²) in [6, 6.07) is 11.7. The summed E-state index contributed by atoms with van der Waals surface area (Å²) in [7, 11) is 4.36. The van der Waals surface area contributed by atoms with E-state index in [-0.39, 0.29) is 23.8 Å². The van der Waals surface area contributed by atoms with Gasteiger partial charge in [0.25, 0.3) is 0 Å². The van der Waals surface area contributed by atoms with E-state index in [4.69, 9.17) is 14.7 Å². The Morgan fingerprint density at radius 1 is 1.21 bits per heavy atom. The highest BCUT2D eigenvalue weighted by Crippen LogP contribution is 2.52. The number of nitrogens with zero attached hydrogens (tertiary/aromatic N) is 7. The Kier molecular flexibility index (Phi) is 7.84. The molecule has 222 valence electrons. The Labute approximate surface area is 249 Å². The average molecular weight is 570 g/mol. The van der Waals surface area contributed by atoms with Gasteiger partial charge < -0.3 is 24.3 Å². The molecule has 2 fully saturated rings. The first-order chi connectivity index (χ1) is 20.3. The molecule has 0 bridgehead atoms. The minimum Gasteiger partial charge on any atom is -0.462 e. The monoisotopic (exact) mass is 569 g/mol. The summed E-state index contributed by atoms with van der Waals surface area (Å²) in [6.45, 7) is 10.4. The van der Waals surface area contributed by atoms with E-state index in [1.54, 1.807) is 4.90 Å². The van der Waals surface area contributed by atoms with Gasteiger partial charge in [0.05, 0.1) is 24.2 Å². The SMILES string of the molecule is C=CC(=O)N1CCN(c2nc(OCC3CCCN3C)nc3c2CC[C@@]2(C3)CN(C)c3ccccc3C2C)CC1CC#N. The lowest BCUT2D eigenvalue weighted by Gasteiger charge is -2.50. The quantitative estimate of drug-likeness (QED) is 0.486. The molecule has 0 N–H and O–H groups in total. The van der Waals surface area contributed by atoms with Gasteiger partial charge in [0.2, 0.25) is 5.91 Å². The molecule has 3 aliphatic heterocycles. The van der Waals surface area contributed by atoms with Crippen molar-refractivity contribution >= 4 is 17.4 Å². The second-order valence-corrected chi connectivity index (χ2v) is 12.7. The van der Waals surface area contributed by atoms with E-state index in [0.29, 0.717) is 44.2 Å². The molecule has 1 amide bonds. The number of piperazine rings is 1. The maximum atomic E-state index is 12.6. The molecule has 4 heterocycles. The van der Waals surface area contributed by atoms with Crippen LogP contribution in [0.25, 0.3) is 0 Å². The summed E-state index contributed by atoms with van der Waals surface area (Å²) in [4.78, 5) is 31.5. The molecule has 1 spiro atoms. The predicted octanol–water partition coefficient (Wildman–Crippen LogP) is 3.80. The zero-order valence-electron chi connectivity index (χ0n) is 25.3. The Hall–Kier alpha value is -3.64. The number of para-hydroxylation sites is 1. The second kappa shape index (κ2) is 11.6. The summed E-state index contributed by atoms with van der Waals surface area (Å²) in [5.41, 5.74) is 5.08. The van der Waals surface area contributed by atoms with Crippen molar-refractivity contribution in [1.82, 2.24) is 19.8 Å². The third-order valence-electron chi connectivity index (χ3n) is 10.4. The summed E-state index contributed by atoms with van der Waals surface area (Å²) in [5.74, 6) is 1.19. The minimum atomic E-state index is -0.213. The molecule has 4 aliphatic rings. The topological polar surface area (TPSA) is 88.8 Å². The Morgan fingerprint density at radius 2 is 2.05 bits per heavy atom.